The Labute approximate surface area is 212 Å². The number of aromatic hydroxyl groups is 1. The number of nitrogens with one attached hydrogen (secondary N) is 2. The minimum Gasteiger partial charge on any atom is -0.493 e. The van der Waals surface area contributed by atoms with Gasteiger partial charge in [0.1, 0.15) is 11.6 Å². The molecule has 2 aromatic carbocycles. The van der Waals surface area contributed by atoms with E-state index in [2.05, 4.69) is 20.4 Å². The number of ether oxygens (including phenoxy) is 1. The van der Waals surface area contributed by atoms with Crippen molar-refractivity contribution >= 4 is 29.1 Å². The molecule has 0 spiro atoms. The van der Waals surface area contributed by atoms with Gasteiger partial charge in [0.15, 0.2) is 0 Å². The lowest BCUT2D eigenvalue weighted by molar-refractivity contribution is -0.274. The van der Waals surface area contributed by atoms with Gasteiger partial charge in [-0.15, -0.1) is 13.2 Å². The van der Waals surface area contributed by atoms with Crippen molar-refractivity contribution in [3.05, 3.63) is 93.6 Å². The highest BCUT2D eigenvalue weighted by Gasteiger charge is 2.31. The van der Waals surface area contributed by atoms with Crippen LogP contribution in [0.15, 0.2) is 71.7 Å². The van der Waals surface area contributed by atoms with Crippen molar-refractivity contribution in [1.82, 2.24) is 14.1 Å². The summed E-state index contributed by atoms with van der Waals surface area (Å²) in [7, 11) is 0. The van der Waals surface area contributed by atoms with Crippen LogP contribution in [0, 0.1) is 6.92 Å². The number of rotatable bonds is 6. The molecule has 13 heteroatoms. The van der Waals surface area contributed by atoms with Gasteiger partial charge in [0.25, 0.3) is 0 Å². The smallest absolute Gasteiger partial charge is 0.493 e. The maximum atomic E-state index is 13.1. The van der Waals surface area contributed by atoms with Crippen molar-refractivity contribution in [3.8, 4) is 17.3 Å². The summed E-state index contributed by atoms with van der Waals surface area (Å²) in [5.74, 6) is -0.611. The van der Waals surface area contributed by atoms with Crippen LogP contribution in [0.25, 0.3) is 5.69 Å². The Morgan fingerprint density at radius 1 is 1.08 bits per heavy atom. The Hall–Kier alpha value is -4.45. The number of benzene rings is 2. The largest absolute Gasteiger partial charge is 0.573 e. The predicted octanol–water partition coefficient (Wildman–Crippen LogP) is 5.29. The average Bonchev–Trinajstić information content (AvgIpc) is 3.03. The lowest BCUT2D eigenvalue weighted by Gasteiger charge is -2.10. The Kier molecular flexibility index (Phi) is 7.11. The number of hydrogen-bond donors (Lipinski definition) is 3. The average molecular weight is 534 g/mol. The fraction of sp³-hybridized carbons (Fsp3) is 0.125. The zero-order valence-corrected chi connectivity index (χ0v) is 19.8. The summed E-state index contributed by atoms with van der Waals surface area (Å²) in [6, 6.07) is 13.7. The van der Waals surface area contributed by atoms with Crippen LogP contribution in [-0.2, 0) is 6.54 Å². The number of carbonyl (C=O) groups is 1. The molecule has 0 aliphatic carbocycles. The monoisotopic (exact) mass is 533 g/mol. The number of hydrogen-bond acceptors (Lipinski definition) is 5. The van der Waals surface area contributed by atoms with Gasteiger partial charge < -0.3 is 15.2 Å². The van der Waals surface area contributed by atoms with Gasteiger partial charge in [0.2, 0.25) is 5.88 Å². The van der Waals surface area contributed by atoms with Crippen LogP contribution in [-0.4, -0.2) is 31.6 Å². The molecule has 0 atom stereocenters. The van der Waals surface area contributed by atoms with Crippen molar-refractivity contribution in [2.75, 3.05) is 10.6 Å². The zero-order valence-electron chi connectivity index (χ0n) is 19.1. The standard InChI is InChI=1S/C24H19ClF3N5O4/c1-14-21(34)33(18-6-8-19(9-7-18)37-24(26,27)28)23(36)32(14)13-15-10-11-29-20(12-15)31-22(35)30-17-4-2-16(25)3-5-17/h2-12,34H,13H2,1H3,(H2,29,30,31,35). The van der Waals surface area contributed by atoms with E-state index in [0.717, 1.165) is 16.7 Å². The molecular formula is C24H19ClF3N5O4. The van der Waals surface area contributed by atoms with E-state index in [1.54, 1.807) is 36.4 Å². The highest BCUT2D eigenvalue weighted by molar-refractivity contribution is 6.30. The molecule has 2 amide bonds. The van der Waals surface area contributed by atoms with Gasteiger partial charge in [-0.1, -0.05) is 11.6 Å². The van der Waals surface area contributed by atoms with Crippen LogP contribution < -0.4 is 21.1 Å². The molecule has 0 saturated heterocycles. The number of nitrogens with zero attached hydrogens (tertiary/aromatic N) is 3. The SMILES string of the molecule is Cc1c(O)n(-c2ccc(OC(F)(F)F)cc2)c(=O)n1Cc1ccnc(NC(=O)Nc2ccc(Cl)cc2)c1. The number of amides is 2. The first-order valence-corrected chi connectivity index (χ1v) is 11.0. The molecule has 0 unspecified atom stereocenters. The molecular weight excluding hydrogens is 515 g/mol. The third-order valence-corrected chi connectivity index (χ3v) is 5.45. The molecule has 192 valence electrons. The van der Waals surface area contributed by atoms with Gasteiger partial charge >= 0.3 is 18.1 Å². The maximum absolute atomic E-state index is 13.1. The molecule has 0 radical (unpaired) electrons. The van der Waals surface area contributed by atoms with Crippen LogP contribution >= 0.6 is 11.6 Å². The molecule has 37 heavy (non-hydrogen) atoms. The van der Waals surface area contributed by atoms with Gasteiger partial charge in [-0.25, -0.2) is 19.1 Å². The highest BCUT2D eigenvalue weighted by Crippen LogP contribution is 2.26. The first-order valence-electron chi connectivity index (χ1n) is 10.7. The minimum absolute atomic E-state index is 0.0243. The summed E-state index contributed by atoms with van der Waals surface area (Å²) in [5, 5.41) is 16.3. The minimum atomic E-state index is -4.85. The molecule has 0 aliphatic rings. The number of pyridine rings is 1. The number of halogens is 4. The van der Waals surface area contributed by atoms with Gasteiger partial charge in [-0.2, -0.15) is 0 Å². The molecule has 2 heterocycles. The molecule has 4 aromatic rings. The number of carbonyl (C=O) groups excluding carboxylic acids is 1. The lowest BCUT2D eigenvalue weighted by atomic mass is 10.2. The molecule has 0 fully saturated rings. The molecule has 0 aliphatic heterocycles. The van der Waals surface area contributed by atoms with Crippen LogP contribution in [0.4, 0.5) is 29.5 Å². The second kappa shape index (κ2) is 10.3. The normalized spacial score (nSPS) is 11.3. The van der Waals surface area contributed by atoms with E-state index in [4.69, 9.17) is 11.6 Å². The zero-order chi connectivity index (χ0) is 26.7. The maximum Gasteiger partial charge on any atom is 0.573 e. The second-order valence-electron chi connectivity index (χ2n) is 7.79. The molecule has 9 nitrogen and oxygen atoms in total. The van der Waals surface area contributed by atoms with Crippen molar-refractivity contribution in [2.45, 2.75) is 19.8 Å². The van der Waals surface area contributed by atoms with Crippen molar-refractivity contribution in [2.24, 2.45) is 0 Å². The highest BCUT2D eigenvalue weighted by atomic mass is 35.5. The number of imidazole rings is 1. The third-order valence-electron chi connectivity index (χ3n) is 5.20. The van der Waals surface area contributed by atoms with E-state index in [-0.39, 0.29) is 29.6 Å². The van der Waals surface area contributed by atoms with E-state index in [1.165, 1.54) is 29.8 Å². The van der Waals surface area contributed by atoms with E-state index in [9.17, 15) is 27.9 Å². The lowest BCUT2D eigenvalue weighted by Crippen LogP contribution is -2.24. The Balaban J connectivity index is 1.51. The summed E-state index contributed by atoms with van der Waals surface area (Å²) in [4.78, 5) is 29.5. The molecule has 2 aromatic heterocycles. The van der Waals surface area contributed by atoms with Crippen LogP contribution in [0.1, 0.15) is 11.3 Å². The predicted molar refractivity (Wildman–Crippen MR) is 131 cm³/mol. The number of urea groups is 1. The third kappa shape index (κ3) is 6.22. The van der Waals surface area contributed by atoms with Crippen molar-refractivity contribution in [3.63, 3.8) is 0 Å². The number of anilines is 2. The molecule has 4 rings (SSSR count). The summed E-state index contributed by atoms with van der Waals surface area (Å²) in [5.41, 5.74) is 0.872. The van der Waals surface area contributed by atoms with Crippen LogP contribution in [0.3, 0.4) is 0 Å². The number of aromatic nitrogens is 3. The van der Waals surface area contributed by atoms with Crippen molar-refractivity contribution in [1.29, 1.82) is 0 Å². The topological polar surface area (TPSA) is 110 Å². The molecule has 0 saturated carbocycles. The van der Waals surface area contributed by atoms with Gasteiger partial charge in [0, 0.05) is 16.9 Å². The van der Waals surface area contributed by atoms with Crippen LogP contribution in [0.2, 0.25) is 5.02 Å². The Morgan fingerprint density at radius 2 is 1.76 bits per heavy atom. The summed E-state index contributed by atoms with van der Waals surface area (Å²) in [6.45, 7) is 1.55. The summed E-state index contributed by atoms with van der Waals surface area (Å²) >= 11 is 5.84. The summed E-state index contributed by atoms with van der Waals surface area (Å²) < 4.78 is 43.3. The van der Waals surface area contributed by atoms with E-state index in [0.29, 0.717) is 16.3 Å². The first kappa shape index (κ1) is 25.6. The fourth-order valence-electron chi connectivity index (χ4n) is 3.49. The Morgan fingerprint density at radius 3 is 2.41 bits per heavy atom. The van der Waals surface area contributed by atoms with E-state index >= 15 is 0 Å². The fourth-order valence-corrected chi connectivity index (χ4v) is 3.61. The van der Waals surface area contributed by atoms with Gasteiger partial charge in [0.05, 0.1) is 17.9 Å². The van der Waals surface area contributed by atoms with Crippen molar-refractivity contribution < 1.29 is 27.8 Å². The number of alkyl halides is 3. The summed E-state index contributed by atoms with van der Waals surface area (Å²) in [6.07, 6.45) is -3.40. The van der Waals surface area contributed by atoms with E-state index in [1.807, 2.05) is 0 Å². The Bertz CT molecular complexity index is 1480. The quantitative estimate of drug-likeness (QED) is 0.312. The molecule has 3 N–H and O–H groups in total. The second-order valence-corrected chi connectivity index (χ2v) is 8.23. The van der Waals surface area contributed by atoms with Gasteiger partial charge in [-0.3, -0.25) is 9.88 Å². The van der Waals surface area contributed by atoms with Crippen LogP contribution in [0.5, 0.6) is 11.6 Å². The van der Waals surface area contributed by atoms with E-state index < -0.39 is 23.8 Å². The first-order chi connectivity index (χ1) is 17.5. The molecule has 0 bridgehead atoms. The van der Waals surface area contributed by atoms with Gasteiger partial charge in [-0.05, 0) is 73.2 Å².